The van der Waals surface area contributed by atoms with Crippen LogP contribution in [0.4, 0.5) is 0 Å². The Balaban J connectivity index is 1.74. The fourth-order valence-corrected chi connectivity index (χ4v) is 2.51. The van der Waals surface area contributed by atoms with E-state index in [1.807, 2.05) is 0 Å². The van der Waals surface area contributed by atoms with Gasteiger partial charge in [0.15, 0.2) is 0 Å². The maximum atomic E-state index is 10.7. The number of hydrogen-bond acceptors (Lipinski definition) is 4. The zero-order chi connectivity index (χ0) is 10.9. The van der Waals surface area contributed by atoms with Crippen molar-refractivity contribution < 1.29 is 13.2 Å². The molecule has 1 heterocycles. The average molecular weight is 234 g/mol. The van der Waals surface area contributed by atoms with E-state index in [0.29, 0.717) is 24.6 Å². The predicted octanol–water partition coefficient (Wildman–Crippen LogP) is -0.568. The van der Waals surface area contributed by atoms with Crippen molar-refractivity contribution in [1.82, 2.24) is 5.32 Å². The van der Waals surface area contributed by atoms with Crippen molar-refractivity contribution in [2.45, 2.75) is 31.4 Å². The standard InChI is InChI=1S/C9H18N2O3S/c10-15(12,13)6-4-11-8-3-5-14-9(8)7-1-2-7/h7-9,11H,1-6H2,(H2,10,12,13). The summed E-state index contributed by atoms with van der Waals surface area (Å²) in [6, 6.07) is 0.319. The smallest absolute Gasteiger partial charge is 0.210 e. The SMILES string of the molecule is NS(=O)(=O)CCNC1CCOC1C1CC1. The molecular weight excluding hydrogens is 216 g/mol. The molecule has 2 atom stereocenters. The van der Waals surface area contributed by atoms with Gasteiger partial charge in [-0.1, -0.05) is 0 Å². The van der Waals surface area contributed by atoms with Crippen LogP contribution in [0.25, 0.3) is 0 Å². The van der Waals surface area contributed by atoms with Gasteiger partial charge in [-0.15, -0.1) is 0 Å². The Morgan fingerprint density at radius 1 is 1.33 bits per heavy atom. The van der Waals surface area contributed by atoms with Crippen LogP contribution in [0.1, 0.15) is 19.3 Å². The van der Waals surface area contributed by atoms with E-state index in [1.54, 1.807) is 0 Å². The van der Waals surface area contributed by atoms with Gasteiger partial charge in [0, 0.05) is 19.2 Å². The molecule has 2 aliphatic rings. The van der Waals surface area contributed by atoms with E-state index in [-0.39, 0.29) is 5.75 Å². The van der Waals surface area contributed by atoms with Crippen molar-refractivity contribution in [2.24, 2.45) is 11.1 Å². The molecule has 1 aliphatic heterocycles. The second-order valence-corrected chi connectivity index (χ2v) is 6.12. The van der Waals surface area contributed by atoms with Gasteiger partial charge in [-0.2, -0.15) is 0 Å². The lowest BCUT2D eigenvalue weighted by atomic mass is 10.1. The Kier molecular flexibility index (Phi) is 3.30. The number of rotatable bonds is 5. The Morgan fingerprint density at radius 3 is 2.67 bits per heavy atom. The Hall–Kier alpha value is -0.170. The number of nitrogens with two attached hydrogens (primary N) is 1. The molecule has 0 bridgehead atoms. The highest BCUT2D eigenvalue weighted by molar-refractivity contribution is 7.89. The predicted molar refractivity (Wildman–Crippen MR) is 56.8 cm³/mol. The molecule has 2 fully saturated rings. The van der Waals surface area contributed by atoms with Gasteiger partial charge < -0.3 is 10.1 Å². The molecule has 0 radical (unpaired) electrons. The maximum absolute atomic E-state index is 10.7. The Labute approximate surface area is 90.4 Å². The first-order chi connectivity index (χ1) is 7.06. The van der Waals surface area contributed by atoms with Crippen LogP contribution in [0, 0.1) is 5.92 Å². The topological polar surface area (TPSA) is 81.4 Å². The minimum Gasteiger partial charge on any atom is -0.376 e. The summed E-state index contributed by atoms with van der Waals surface area (Å²) >= 11 is 0. The molecule has 1 aliphatic carbocycles. The van der Waals surface area contributed by atoms with E-state index >= 15 is 0 Å². The third kappa shape index (κ3) is 3.41. The van der Waals surface area contributed by atoms with Gasteiger partial charge >= 0.3 is 0 Å². The lowest BCUT2D eigenvalue weighted by Gasteiger charge is -2.19. The van der Waals surface area contributed by atoms with Crippen molar-refractivity contribution in [3.8, 4) is 0 Å². The summed E-state index contributed by atoms with van der Waals surface area (Å²) in [6.45, 7) is 1.21. The van der Waals surface area contributed by atoms with Crippen molar-refractivity contribution in [1.29, 1.82) is 0 Å². The molecule has 1 saturated heterocycles. The van der Waals surface area contributed by atoms with Gasteiger partial charge in [0.1, 0.15) is 0 Å². The van der Waals surface area contributed by atoms with Crippen molar-refractivity contribution >= 4 is 10.0 Å². The minimum atomic E-state index is -3.34. The van der Waals surface area contributed by atoms with Crippen LogP contribution in [-0.4, -0.2) is 39.5 Å². The van der Waals surface area contributed by atoms with Crippen LogP contribution in [-0.2, 0) is 14.8 Å². The third-order valence-corrected chi connectivity index (χ3v) is 3.79. The zero-order valence-corrected chi connectivity index (χ0v) is 9.50. The summed E-state index contributed by atoms with van der Waals surface area (Å²) in [5, 5.41) is 8.15. The largest absolute Gasteiger partial charge is 0.376 e. The second-order valence-electron chi connectivity index (χ2n) is 4.39. The molecule has 2 rings (SSSR count). The van der Waals surface area contributed by atoms with Crippen LogP contribution < -0.4 is 10.5 Å². The van der Waals surface area contributed by atoms with E-state index in [9.17, 15) is 8.42 Å². The van der Waals surface area contributed by atoms with E-state index < -0.39 is 10.0 Å². The molecule has 6 heteroatoms. The first-order valence-electron chi connectivity index (χ1n) is 5.42. The normalized spacial score (nSPS) is 32.1. The van der Waals surface area contributed by atoms with E-state index in [2.05, 4.69) is 5.32 Å². The molecule has 0 aromatic heterocycles. The molecule has 0 aromatic rings. The highest BCUT2D eigenvalue weighted by Crippen LogP contribution is 2.38. The molecule has 2 unspecified atom stereocenters. The number of primary sulfonamides is 1. The Bertz CT molecular complexity index is 313. The van der Waals surface area contributed by atoms with Gasteiger partial charge in [-0.3, -0.25) is 0 Å². The summed E-state index contributed by atoms with van der Waals surface area (Å²) in [6.07, 6.45) is 3.77. The van der Waals surface area contributed by atoms with E-state index in [1.165, 1.54) is 12.8 Å². The molecular formula is C9H18N2O3S. The quantitative estimate of drug-likeness (QED) is 0.667. The minimum absolute atomic E-state index is 0.000880. The number of hydrogen-bond donors (Lipinski definition) is 2. The van der Waals surface area contributed by atoms with Crippen LogP contribution in [0.2, 0.25) is 0 Å². The van der Waals surface area contributed by atoms with Gasteiger partial charge in [-0.05, 0) is 25.2 Å². The summed E-state index contributed by atoms with van der Waals surface area (Å²) in [5.74, 6) is 0.695. The first kappa shape index (κ1) is 11.3. The molecule has 0 aromatic carbocycles. The maximum Gasteiger partial charge on any atom is 0.210 e. The molecule has 0 amide bonds. The monoisotopic (exact) mass is 234 g/mol. The van der Waals surface area contributed by atoms with Crippen LogP contribution in [0.15, 0.2) is 0 Å². The fourth-order valence-electron chi connectivity index (χ4n) is 2.11. The molecule has 3 N–H and O–H groups in total. The number of nitrogens with one attached hydrogen (secondary N) is 1. The summed E-state index contributed by atoms with van der Waals surface area (Å²) in [5.41, 5.74) is 0. The summed E-state index contributed by atoms with van der Waals surface area (Å²) in [7, 11) is -3.34. The molecule has 5 nitrogen and oxygen atoms in total. The van der Waals surface area contributed by atoms with Gasteiger partial charge in [-0.25, -0.2) is 13.6 Å². The lowest BCUT2D eigenvalue weighted by Crippen LogP contribution is -2.40. The van der Waals surface area contributed by atoms with E-state index in [4.69, 9.17) is 9.88 Å². The zero-order valence-electron chi connectivity index (χ0n) is 8.69. The van der Waals surface area contributed by atoms with Crippen molar-refractivity contribution in [2.75, 3.05) is 18.9 Å². The van der Waals surface area contributed by atoms with Crippen LogP contribution >= 0.6 is 0 Å². The number of sulfonamides is 1. The van der Waals surface area contributed by atoms with Gasteiger partial charge in [0.25, 0.3) is 0 Å². The molecule has 15 heavy (non-hydrogen) atoms. The van der Waals surface area contributed by atoms with Gasteiger partial charge in [0.2, 0.25) is 10.0 Å². The molecule has 0 spiro atoms. The summed E-state index contributed by atoms with van der Waals surface area (Å²) in [4.78, 5) is 0. The highest BCUT2D eigenvalue weighted by Gasteiger charge is 2.40. The summed E-state index contributed by atoms with van der Waals surface area (Å²) < 4.78 is 27.1. The first-order valence-corrected chi connectivity index (χ1v) is 7.13. The van der Waals surface area contributed by atoms with Crippen molar-refractivity contribution in [3.05, 3.63) is 0 Å². The Morgan fingerprint density at radius 2 is 2.07 bits per heavy atom. The van der Waals surface area contributed by atoms with Crippen LogP contribution in [0.3, 0.4) is 0 Å². The third-order valence-electron chi connectivity index (χ3n) is 3.02. The van der Waals surface area contributed by atoms with E-state index in [0.717, 1.165) is 13.0 Å². The lowest BCUT2D eigenvalue weighted by molar-refractivity contribution is 0.0815. The fraction of sp³-hybridized carbons (Fsp3) is 1.00. The van der Waals surface area contributed by atoms with Crippen LogP contribution in [0.5, 0.6) is 0 Å². The molecule has 88 valence electrons. The highest BCUT2D eigenvalue weighted by atomic mass is 32.2. The van der Waals surface area contributed by atoms with Crippen molar-refractivity contribution in [3.63, 3.8) is 0 Å². The molecule has 1 saturated carbocycles. The second kappa shape index (κ2) is 4.37. The van der Waals surface area contributed by atoms with Gasteiger partial charge in [0.05, 0.1) is 11.9 Å². The average Bonchev–Trinajstić information content (AvgIpc) is 2.86. The number of ether oxygens (including phenoxy) is 1.